The number of hydrogen-bond acceptors (Lipinski definition) is 3. The van der Waals surface area contributed by atoms with Crippen molar-refractivity contribution in [3.63, 3.8) is 0 Å². The van der Waals surface area contributed by atoms with Crippen LogP contribution in [0.15, 0.2) is 42.5 Å². The van der Waals surface area contributed by atoms with Crippen LogP contribution in [0, 0.1) is 0 Å². The average molecular weight is 347 g/mol. The Morgan fingerprint density at radius 1 is 1.05 bits per heavy atom. The monoisotopic (exact) mass is 345 g/mol. The topological polar surface area (TPSA) is 41.5 Å². The molecule has 1 atom stereocenters. The molecule has 112 valence electrons. The molecule has 0 aliphatic carbocycles. The number of ether oxygens (including phenoxy) is 1. The minimum absolute atomic E-state index is 0.110. The number of rotatable bonds is 6. The fourth-order valence-electron chi connectivity index (χ4n) is 1.67. The first-order valence-corrected chi connectivity index (χ1v) is 7.44. The molecule has 2 aromatic rings. The van der Waals surface area contributed by atoms with E-state index in [0.717, 1.165) is 5.69 Å². The Balaban J connectivity index is 1.82. The van der Waals surface area contributed by atoms with Gasteiger partial charge in [0, 0.05) is 11.6 Å². The highest BCUT2D eigenvalue weighted by Gasteiger charge is 2.08. The lowest BCUT2D eigenvalue weighted by Crippen LogP contribution is -2.26. The van der Waals surface area contributed by atoms with Crippen LogP contribution >= 0.6 is 34.8 Å². The van der Waals surface area contributed by atoms with Crippen molar-refractivity contribution in [3.8, 4) is 5.75 Å². The van der Waals surface area contributed by atoms with E-state index >= 15 is 0 Å². The summed E-state index contributed by atoms with van der Waals surface area (Å²) in [6.45, 7) is 0.424. The van der Waals surface area contributed by atoms with E-state index in [9.17, 15) is 5.11 Å². The summed E-state index contributed by atoms with van der Waals surface area (Å²) in [7, 11) is 0. The molecule has 0 aliphatic rings. The molecule has 0 fully saturated rings. The van der Waals surface area contributed by atoms with Gasteiger partial charge in [-0.15, -0.1) is 0 Å². The molecule has 2 aromatic carbocycles. The summed E-state index contributed by atoms with van der Waals surface area (Å²) in [6.07, 6.45) is -0.701. The summed E-state index contributed by atoms with van der Waals surface area (Å²) in [4.78, 5) is 0. The Morgan fingerprint density at radius 3 is 2.52 bits per heavy atom. The molecule has 0 amide bonds. The van der Waals surface area contributed by atoms with Crippen molar-refractivity contribution in [2.45, 2.75) is 6.10 Å². The van der Waals surface area contributed by atoms with Gasteiger partial charge in [0.05, 0.1) is 15.7 Å². The summed E-state index contributed by atoms with van der Waals surface area (Å²) in [6, 6.07) is 12.3. The molecule has 6 heteroatoms. The minimum atomic E-state index is -0.701. The maximum absolute atomic E-state index is 9.91. The van der Waals surface area contributed by atoms with Crippen LogP contribution in [0.2, 0.25) is 15.1 Å². The number of halogens is 3. The molecule has 2 N–H and O–H groups in total. The van der Waals surface area contributed by atoms with E-state index < -0.39 is 6.10 Å². The van der Waals surface area contributed by atoms with Gasteiger partial charge in [-0.2, -0.15) is 0 Å². The summed E-state index contributed by atoms with van der Waals surface area (Å²) < 4.78 is 5.46. The van der Waals surface area contributed by atoms with Crippen molar-refractivity contribution in [3.05, 3.63) is 57.5 Å². The van der Waals surface area contributed by atoms with E-state index in [1.807, 2.05) is 18.2 Å². The number of anilines is 1. The van der Waals surface area contributed by atoms with Gasteiger partial charge < -0.3 is 15.2 Å². The Labute approximate surface area is 138 Å². The number of nitrogens with one attached hydrogen (secondary N) is 1. The molecule has 0 spiro atoms. The second kappa shape index (κ2) is 7.76. The molecule has 0 unspecified atom stereocenters. The van der Waals surface area contributed by atoms with Crippen LogP contribution in [-0.4, -0.2) is 24.4 Å². The van der Waals surface area contributed by atoms with Gasteiger partial charge in [-0.1, -0.05) is 46.9 Å². The minimum Gasteiger partial charge on any atom is -0.489 e. The highest BCUT2D eigenvalue weighted by atomic mass is 35.5. The third-order valence-corrected chi connectivity index (χ3v) is 3.59. The first kappa shape index (κ1) is 16.2. The molecule has 0 saturated heterocycles. The standard InChI is InChI=1S/C15H14Cl3NO2/c16-10-5-6-15(13(18)7-10)21-9-11(20)8-19-14-4-2-1-3-12(14)17/h1-7,11,19-20H,8-9H2/t11-/m1/s1. The van der Waals surface area contributed by atoms with Gasteiger partial charge in [-0.05, 0) is 30.3 Å². The average Bonchev–Trinajstić information content (AvgIpc) is 2.45. The lowest BCUT2D eigenvalue weighted by Gasteiger charge is -2.15. The fraction of sp³-hybridized carbons (Fsp3) is 0.200. The summed E-state index contributed by atoms with van der Waals surface area (Å²) in [5.41, 5.74) is 0.766. The fourth-order valence-corrected chi connectivity index (χ4v) is 2.34. The first-order chi connectivity index (χ1) is 10.1. The highest BCUT2D eigenvalue weighted by molar-refractivity contribution is 6.35. The molecular weight excluding hydrogens is 333 g/mol. The lowest BCUT2D eigenvalue weighted by molar-refractivity contribution is 0.117. The zero-order valence-corrected chi connectivity index (χ0v) is 13.3. The normalized spacial score (nSPS) is 12.0. The number of para-hydroxylation sites is 1. The molecule has 0 aromatic heterocycles. The van der Waals surface area contributed by atoms with Crippen molar-refractivity contribution in [1.29, 1.82) is 0 Å². The summed E-state index contributed by atoms with van der Waals surface area (Å²) in [5.74, 6) is 0.484. The SMILES string of the molecule is O[C@H](CNc1ccccc1Cl)COc1ccc(Cl)cc1Cl. The predicted molar refractivity (Wildman–Crippen MR) is 87.9 cm³/mol. The van der Waals surface area contributed by atoms with Crippen LogP contribution in [0.3, 0.4) is 0 Å². The third-order valence-electron chi connectivity index (χ3n) is 2.73. The molecule has 0 saturated carbocycles. The lowest BCUT2D eigenvalue weighted by atomic mass is 10.3. The van der Waals surface area contributed by atoms with Gasteiger partial charge in [-0.25, -0.2) is 0 Å². The molecule has 3 nitrogen and oxygen atoms in total. The quantitative estimate of drug-likeness (QED) is 0.809. The molecule has 0 radical (unpaired) electrons. The van der Waals surface area contributed by atoms with Crippen LogP contribution in [0.25, 0.3) is 0 Å². The Hall–Kier alpha value is -1.13. The van der Waals surface area contributed by atoms with E-state index in [4.69, 9.17) is 39.5 Å². The third kappa shape index (κ3) is 4.97. The molecule has 0 aliphatic heterocycles. The number of hydrogen-bond donors (Lipinski definition) is 2. The second-order valence-corrected chi connectivity index (χ2v) is 5.65. The number of benzene rings is 2. The second-order valence-electron chi connectivity index (χ2n) is 4.40. The van der Waals surface area contributed by atoms with Gasteiger partial charge in [0.2, 0.25) is 0 Å². The summed E-state index contributed by atoms with van der Waals surface area (Å²) in [5, 5.41) is 14.5. The van der Waals surface area contributed by atoms with E-state index in [-0.39, 0.29) is 6.61 Å². The van der Waals surface area contributed by atoms with Crippen molar-refractivity contribution in [2.75, 3.05) is 18.5 Å². The number of aliphatic hydroxyl groups is 1. The van der Waals surface area contributed by atoms with E-state index in [1.165, 1.54) is 0 Å². The Morgan fingerprint density at radius 2 is 1.81 bits per heavy atom. The van der Waals surface area contributed by atoms with E-state index in [0.29, 0.717) is 27.4 Å². The van der Waals surface area contributed by atoms with Crippen LogP contribution in [-0.2, 0) is 0 Å². The molecule has 21 heavy (non-hydrogen) atoms. The molecular formula is C15H14Cl3NO2. The zero-order chi connectivity index (χ0) is 15.2. The van der Waals surface area contributed by atoms with Gasteiger partial charge >= 0.3 is 0 Å². The van der Waals surface area contributed by atoms with Crippen molar-refractivity contribution in [1.82, 2.24) is 0 Å². The van der Waals surface area contributed by atoms with Gasteiger partial charge in [0.1, 0.15) is 18.5 Å². The highest BCUT2D eigenvalue weighted by Crippen LogP contribution is 2.27. The zero-order valence-electron chi connectivity index (χ0n) is 11.0. The van der Waals surface area contributed by atoms with Gasteiger partial charge in [0.25, 0.3) is 0 Å². The Kier molecular flexibility index (Phi) is 6.00. The van der Waals surface area contributed by atoms with Crippen molar-refractivity contribution in [2.24, 2.45) is 0 Å². The predicted octanol–water partition coefficient (Wildman–Crippen LogP) is 4.50. The maximum atomic E-state index is 9.91. The van der Waals surface area contributed by atoms with Crippen LogP contribution < -0.4 is 10.1 Å². The largest absolute Gasteiger partial charge is 0.489 e. The van der Waals surface area contributed by atoms with Crippen LogP contribution in [0.5, 0.6) is 5.75 Å². The number of aliphatic hydroxyl groups excluding tert-OH is 1. The molecule has 2 rings (SSSR count). The maximum Gasteiger partial charge on any atom is 0.138 e. The van der Waals surface area contributed by atoms with E-state index in [1.54, 1.807) is 24.3 Å². The Bertz CT molecular complexity index is 607. The van der Waals surface area contributed by atoms with E-state index in [2.05, 4.69) is 5.32 Å². The smallest absolute Gasteiger partial charge is 0.138 e. The first-order valence-electron chi connectivity index (χ1n) is 6.30. The van der Waals surface area contributed by atoms with Crippen LogP contribution in [0.4, 0.5) is 5.69 Å². The molecule has 0 heterocycles. The van der Waals surface area contributed by atoms with Crippen molar-refractivity contribution < 1.29 is 9.84 Å². The summed E-state index contributed by atoms with van der Waals surface area (Å²) >= 11 is 17.8. The van der Waals surface area contributed by atoms with Crippen LogP contribution in [0.1, 0.15) is 0 Å². The van der Waals surface area contributed by atoms with Gasteiger partial charge in [-0.3, -0.25) is 0 Å². The molecule has 0 bridgehead atoms. The van der Waals surface area contributed by atoms with Crippen molar-refractivity contribution >= 4 is 40.5 Å². The van der Waals surface area contributed by atoms with Gasteiger partial charge in [0.15, 0.2) is 0 Å².